The molecule has 80 valence electrons. The van der Waals surface area contributed by atoms with Gasteiger partial charge in [0.05, 0.1) is 6.10 Å². The number of carbonyl (C=O) groups excluding carboxylic acids is 2. The zero-order chi connectivity index (χ0) is 10.9. The first-order valence-electron chi connectivity index (χ1n) is 4.73. The van der Waals surface area contributed by atoms with Crippen LogP contribution in [0.2, 0.25) is 0 Å². The Balaban J connectivity index is 2.87. The molecule has 1 aliphatic rings. The maximum Gasteiger partial charge on any atom is 0.242 e. The Hall–Kier alpha value is -1.10. The number of aliphatic hydroxyl groups is 1. The number of nitrogens with zero attached hydrogens (tertiary/aromatic N) is 1. The molecule has 14 heavy (non-hydrogen) atoms. The van der Waals surface area contributed by atoms with E-state index in [0.717, 1.165) is 6.42 Å². The molecular weight excluding hydrogens is 184 g/mol. The summed E-state index contributed by atoms with van der Waals surface area (Å²) in [6.07, 6.45) is 0.226. The molecule has 0 radical (unpaired) electrons. The Morgan fingerprint density at radius 3 is 2.57 bits per heavy atom. The van der Waals surface area contributed by atoms with E-state index in [4.69, 9.17) is 5.73 Å². The average Bonchev–Trinajstić information content (AvgIpc) is 2.34. The largest absolute Gasteiger partial charge is 0.391 e. The zero-order valence-electron chi connectivity index (χ0n) is 8.43. The van der Waals surface area contributed by atoms with Crippen LogP contribution in [-0.4, -0.2) is 40.0 Å². The van der Waals surface area contributed by atoms with Crippen molar-refractivity contribution < 1.29 is 14.7 Å². The van der Waals surface area contributed by atoms with Crippen LogP contribution in [0, 0.1) is 0 Å². The lowest BCUT2D eigenvalue weighted by molar-refractivity contribution is -0.141. The number of amides is 2. The second-order valence-electron chi connectivity index (χ2n) is 3.78. The Kier molecular flexibility index (Phi) is 3.10. The number of likely N-dealkylation sites (tertiary alicyclic amines) is 1. The fraction of sp³-hybridized carbons (Fsp3) is 0.778. The van der Waals surface area contributed by atoms with Crippen LogP contribution in [0.25, 0.3) is 0 Å². The summed E-state index contributed by atoms with van der Waals surface area (Å²) in [5.41, 5.74) is 5.15. The van der Waals surface area contributed by atoms with Crippen molar-refractivity contribution in [3.63, 3.8) is 0 Å². The van der Waals surface area contributed by atoms with E-state index in [1.54, 1.807) is 0 Å². The molecule has 0 aromatic carbocycles. The molecule has 0 aromatic heterocycles. The van der Waals surface area contributed by atoms with Gasteiger partial charge in [0.1, 0.15) is 6.04 Å². The first kappa shape index (κ1) is 11.0. The Morgan fingerprint density at radius 2 is 2.29 bits per heavy atom. The van der Waals surface area contributed by atoms with Crippen LogP contribution < -0.4 is 5.73 Å². The Labute approximate surface area is 82.9 Å². The molecule has 0 aliphatic carbocycles. The molecule has 1 saturated heterocycles. The Bertz CT molecular complexity index is 252. The summed E-state index contributed by atoms with van der Waals surface area (Å²) in [6.45, 7) is 3.32. The summed E-state index contributed by atoms with van der Waals surface area (Å²) < 4.78 is 0. The predicted molar refractivity (Wildman–Crippen MR) is 50.2 cm³/mol. The SMILES string of the molecule is CC1CCC(=O)N1[C@H](C(N)=O)[C@@H](C)O. The van der Waals surface area contributed by atoms with Gasteiger partial charge < -0.3 is 15.7 Å². The molecule has 2 amide bonds. The van der Waals surface area contributed by atoms with Crippen LogP contribution in [0.1, 0.15) is 26.7 Å². The lowest BCUT2D eigenvalue weighted by Gasteiger charge is -2.31. The van der Waals surface area contributed by atoms with Gasteiger partial charge in [-0.15, -0.1) is 0 Å². The normalized spacial score (nSPS) is 26.4. The van der Waals surface area contributed by atoms with Crippen molar-refractivity contribution in [2.24, 2.45) is 5.73 Å². The summed E-state index contributed by atoms with van der Waals surface area (Å²) in [6, 6.07) is -0.908. The highest BCUT2D eigenvalue weighted by Gasteiger charge is 2.38. The summed E-state index contributed by atoms with van der Waals surface area (Å²) in [5, 5.41) is 9.38. The van der Waals surface area contributed by atoms with Gasteiger partial charge in [0, 0.05) is 12.5 Å². The van der Waals surface area contributed by atoms with E-state index < -0.39 is 18.1 Å². The van der Waals surface area contributed by atoms with Gasteiger partial charge in [-0.3, -0.25) is 9.59 Å². The molecule has 1 fully saturated rings. The van der Waals surface area contributed by atoms with Crippen LogP contribution in [0.15, 0.2) is 0 Å². The molecule has 0 spiro atoms. The van der Waals surface area contributed by atoms with Gasteiger partial charge in [-0.25, -0.2) is 0 Å². The van der Waals surface area contributed by atoms with E-state index in [0.29, 0.717) is 6.42 Å². The standard InChI is InChI=1S/C9H16N2O3/c1-5-3-4-7(13)11(5)8(6(2)12)9(10)14/h5-6,8,12H,3-4H2,1-2H3,(H2,10,14)/t5?,6-,8+/m1/s1. The summed E-state index contributed by atoms with van der Waals surface area (Å²) in [4.78, 5) is 23.9. The molecule has 0 saturated carbocycles. The van der Waals surface area contributed by atoms with Crippen molar-refractivity contribution >= 4 is 11.8 Å². The first-order valence-corrected chi connectivity index (χ1v) is 4.73. The minimum absolute atomic E-state index is 0.0189. The lowest BCUT2D eigenvalue weighted by atomic mass is 10.1. The van der Waals surface area contributed by atoms with Gasteiger partial charge in [-0.2, -0.15) is 0 Å². The summed E-state index contributed by atoms with van der Waals surface area (Å²) >= 11 is 0. The molecule has 1 aliphatic heterocycles. The van der Waals surface area contributed by atoms with Crippen LogP contribution in [0.3, 0.4) is 0 Å². The molecule has 5 nitrogen and oxygen atoms in total. The highest BCUT2D eigenvalue weighted by molar-refractivity contribution is 5.88. The molecule has 1 rings (SSSR count). The van der Waals surface area contributed by atoms with Crippen molar-refractivity contribution in [3.8, 4) is 0 Å². The average molecular weight is 200 g/mol. The number of hydrogen-bond acceptors (Lipinski definition) is 3. The highest BCUT2D eigenvalue weighted by atomic mass is 16.3. The third kappa shape index (κ3) is 1.87. The number of carbonyl (C=O) groups is 2. The third-order valence-corrected chi connectivity index (χ3v) is 2.59. The minimum atomic E-state index is -0.919. The van der Waals surface area contributed by atoms with Crippen molar-refractivity contribution in [2.45, 2.75) is 44.9 Å². The zero-order valence-corrected chi connectivity index (χ0v) is 8.43. The fourth-order valence-electron chi connectivity index (χ4n) is 1.88. The molecule has 3 N–H and O–H groups in total. The van der Waals surface area contributed by atoms with Crippen molar-refractivity contribution in [1.29, 1.82) is 0 Å². The molecular formula is C9H16N2O3. The molecule has 1 heterocycles. The van der Waals surface area contributed by atoms with Crippen molar-refractivity contribution in [3.05, 3.63) is 0 Å². The second-order valence-corrected chi connectivity index (χ2v) is 3.78. The molecule has 5 heteroatoms. The van der Waals surface area contributed by atoms with E-state index in [1.807, 2.05) is 6.92 Å². The Morgan fingerprint density at radius 1 is 1.71 bits per heavy atom. The van der Waals surface area contributed by atoms with E-state index in [9.17, 15) is 14.7 Å². The van der Waals surface area contributed by atoms with Gasteiger partial charge in [-0.1, -0.05) is 0 Å². The number of aliphatic hydroxyl groups excluding tert-OH is 1. The lowest BCUT2D eigenvalue weighted by Crippen LogP contribution is -2.53. The van der Waals surface area contributed by atoms with Gasteiger partial charge >= 0.3 is 0 Å². The summed E-state index contributed by atoms with van der Waals surface area (Å²) in [5.74, 6) is -0.760. The molecule has 0 bridgehead atoms. The van der Waals surface area contributed by atoms with Crippen LogP contribution in [0.5, 0.6) is 0 Å². The quantitative estimate of drug-likeness (QED) is 0.627. The van der Waals surface area contributed by atoms with Gasteiger partial charge in [0.25, 0.3) is 0 Å². The highest BCUT2D eigenvalue weighted by Crippen LogP contribution is 2.22. The van der Waals surface area contributed by atoms with Crippen LogP contribution >= 0.6 is 0 Å². The maximum atomic E-state index is 11.4. The van der Waals surface area contributed by atoms with E-state index in [1.165, 1.54) is 11.8 Å². The van der Waals surface area contributed by atoms with Crippen LogP contribution in [-0.2, 0) is 9.59 Å². The predicted octanol–water partition coefficient (Wildman–Crippen LogP) is -0.768. The fourth-order valence-corrected chi connectivity index (χ4v) is 1.88. The number of rotatable bonds is 3. The number of nitrogens with two attached hydrogens (primary N) is 1. The minimum Gasteiger partial charge on any atom is -0.391 e. The van der Waals surface area contributed by atoms with Gasteiger partial charge in [0.2, 0.25) is 11.8 Å². The number of hydrogen-bond donors (Lipinski definition) is 2. The number of primary amides is 1. The second kappa shape index (κ2) is 3.96. The first-order chi connectivity index (χ1) is 6.45. The van der Waals surface area contributed by atoms with E-state index in [-0.39, 0.29) is 11.9 Å². The third-order valence-electron chi connectivity index (χ3n) is 2.59. The summed E-state index contributed by atoms with van der Waals surface area (Å²) in [7, 11) is 0. The molecule has 0 aromatic rings. The topological polar surface area (TPSA) is 83.6 Å². The van der Waals surface area contributed by atoms with Crippen molar-refractivity contribution in [2.75, 3.05) is 0 Å². The van der Waals surface area contributed by atoms with Gasteiger partial charge in [0.15, 0.2) is 0 Å². The monoisotopic (exact) mass is 200 g/mol. The van der Waals surface area contributed by atoms with Gasteiger partial charge in [-0.05, 0) is 20.3 Å². The maximum absolute atomic E-state index is 11.4. The van der Waals surface area contributed by atoms with E-state index >= 15 is 0 Å². The molecule has 1 unspecified atom stereocenters. The van der Waals surface area contributed by atoms with Crippen LogP contribution in [0.4, 0.5) is 0 Å². The molecule has 3 atom stereocenters. The van der Waals surface area contributed by atoms with Crippen molar-refractivity contribution in [1.82, 2.24) is 4.90 Å². The van der Waals surface area contributed by atoms with E-state index in [2.05, 4.69) is 0 Å². The smallest absolute Gasteiger partial charge is 0.242 e.